The van der Waals surface area contributed by atoms with Crippen molar-refractivity contribution in [1.29, 1.82) is 0 Å². The Labute approximate surface area is 200 Å². The summed E-state index contributed by atoms with van der Waals surface area (Å²) in [5, 5.41) is 0.759. The van der Waals surface area contributed by atoms with Crippen molar-refractivity contribution in [3.63, 3.8) is 0 Å². The van der Waals surface area contributed by atoms with Gasteiger partial charge in [-0.2, -0.15) is 0 Å². The molecule has 1 heterocycles. The maximum Gasteiger partial charge on any atom is 0.270 e. The largest absolute Gasteiger partial charge is 0.486 e. The Morgan fingerprint density at radius 3 is 2.42 bits per heavy atom. The van der Waals surface area contributed by atoms with Crippen LogP contribution < -0.4 is 9.64 Å². The summed E-state index contributed by atoms with van der Waals surface area (Å²) in [6.45, 7) is 2.38. The van der Waals surface area contributed by atoms with Gasteiger partial charge in [0.25, 0.3) is 5.91 Å². The fourth-order valence-corrected chi connectivity index (χ4v) is 5.09. The van der Waals surface area contributed by atoms with Crippen molar-refractivity contribution in [2.75, 3.05) is 4.90 Å². The summed E-state index contributed by atoms with van der Waals surface area (Å²) in [6, 6.07) is 20.8. The zero-order chi connectivity index (χ0) is 22.0. The zero-order valence-corrected chi connectivity index (χ0v) is 19.6. The Balaban J connectivity index is 1.55. The number of anilines is 1. The highest BCUT2D eigenvalue weighted by molar-refractivity contribution is 8.27. The van der Waals surface area contributed by atoms with Crippen molar-refractivity contribution >= 4 is 69.2 Å². The highest BCUT2D eigenvalue weighted by Gasteiger charge is 2.33. The molecule has 0 bridgehead atoms. The third kappa shape index (κ3) is 4.96. The van der Waals surface area contributed by atoms with Crippen LogP contribution in [0.2, 0.25) is 10.0 Å². The molecule has 3 aromatic rings. The summed E-state index contributed by atoms with van der Waals surface area (Å²) < 4.78 is 6.34. The van der Waals surface area contributed by atoms with Gasteiger partial charge in [-0.1, -0.05) is 95.2 Å². The van der Waals surface area contributed by atoms with Gasteiger partial charge >= 0.3 is 0 Å². The van der Waals surface area contributed by atoms with Gasteiger partial charge in [-0.05, 0) is 48.4 Å². The molecular weight excluding hydrogens is 469 g/mol. The maximum absolute atomic E-state index is 12.9. The lowest BCUT2D eigenvalue weighted by Crippen LogP contribution is -2.27. The number of amides is 1. The van der Waals surface area contributed by atoms with Gasteiger partial charge < -0.3 is 4.74 Å². The van der Waals surface area contributed by atoms with Gasteiger partial charge in [-0.25, -0.2) is 0 Å². The van der Waals surface area contributed by atoms with Gasteiger partial charge in [0.15, 0.2) is 10.1 Å². The first kappa shape index (κ1) is 21.9. The molecule has 4 rings (SSSR count). The molecule has 31 heavy (non-hydrogen) atoms. The smallest absolute Gasteiger partial charge is 0.270 e. The average molecular weight is 486 g/mol. The quantitative estimate of drug-likeness (QED) is 0.280. The molecule has 1 aliphatic rings. The molecule has 0 spiro atoms. The van der Waals surface area contributed by atoms with Crippen LogP contribution in [0.3, 0.4) is 0 Å². The highest BCUT2D eigenvalue weighted by atomic mass is 35.5. The molecular formula is C24H17Cl2NO2S2. The Morgan fingerprint density at radius 2 is 1.74 bits per heavy atom. The third-order valence-electron chi connectivity index (χ3n) is 4.59. The van der Waals surface area contributed by atoms with Gasteiger partial charge in [0.05, 0.1) is 20.6 Å². The first-order chi connectivity index (χ1) is 14.9. The molecule has 3 nitrogen and oxygen atoms in total. The van der Waals surface area contributed by atoms with E-state index in [1.54, 1.807) is 18.2 Å². The van der Waals surface area contributed by atoms with Crippen LogP contribution in [0.15, 0.2) is 71.6 Å². The molecule has 0 aromatic heterocycles. The molecule has 1 amide bonds. The Bertz CT molecular complexity index is 1170. The Morgan fingerprint density at radius 1 is 1.03 bits per heavy atom. The second-order valence-electron chi connectivity index (χ2n) is 6.94. The zero-order valence-electron chi connectivity index (χ0n) is 16.5. The Hall–Kier alpha value is -2.31. The molecule has 1 aliphatic heterocycles. The van der Waals surface area contributed by atoms with Crippen LogP contribution in [0.1, 0.15) is 16.7 Å². The minimum absolute atomic E-state index is 0.173. The summed E-state index contributed by atoms with van der Waals surface area (Å²) in [5.74, 6) is 0.243. The van der Waals surface area contributed by atoms with Crippen LogP contribution in [-0.4, -0.2) is 10.2 Å². The van der Waals surface area contributed by atoms with Crippen molar-refractivity contribution in [3.8, 4) is 5.75 Å². The van der Waals surface area contributed by atoms with Gasteiger partial charge in [-0.15, -0.1) is 0 Å². The minimum Gasteiger partial charge on any atom is -0.486 e. The fraction of sp³-hybridized carbons (Fsp3) is 0.0833. The molecule has 1 saturated heterocycles. The van der Waals surface area contributed by atoms with Crippen LogP contribution in [0.4, 0.5) is 5.69 Å². The maximum atomic E-state index is 12.9. The lowest BCUT2D eigenvalue weighted by molar-refractivity contribution is -0.113. The molecule has 0 unspecified atom stereocenters. The first-order valence-corrected chi connectivity index (χ1v) is 11.4. The summed E-state index contributed by atoms with van der Waals surface area (Å²) >= 11 is 19.5. The van der Waals surface area contributed by atoms with E-state index in [2.05, 4.69) is 0 Å². The molecule has 156 valence electrons. The van der Waals surface area contributed by atoms with Crippen molar-refractivity contribution in [3.05, 3.63) is 98.4 Å². The second-order valence-corrected chi connectivity index (χ2v) is 9.43. The van der Waals surface area contributed by atoms with Crippen LogP contribution in [0, 0.1) is 6.92 Å². The van der Waals surface area contributed by atoms with Crippen LogP contribution in [0.25, 0.3) is 6.08 Å². The van der Waals surface area contributed by atoms with E-state index in [1.165, 1.54) is 16.7 Å². The number of thiocarbonyl (C=S) groups is 1. The van der Waals surface area contributed by atoms with E-state index in [0.717, 1.165) is 16.8 Å². The molecule has 7 heteroatoms. The van der Waals surface area contributed by atoms with Crippen LogP contribution in [-0.2, 0) is 11.4 Å². The number of ether oxygens (including phenoxy) is 1. The number of para-hydroxylation sites is 1. The molecule has 3 aromatic carbocycles. The number of carbonyl (C=O) groups is 1. The standard InChI is InChI=1S/C24H17Cl2NO2S2/c1-15-6-5-7-16(10-15)14-29-22-19(25)11-17(12-20(22)26)13-21-23(28)27(24(30)31-21)18-8-3-2-4-9-18/h2-13H,14H2,1H3/b21-13+. The van der Waals surface area contributed by atoms with E-state index in [0.29, 0.717) is 37.2 Å². The predicted octanol–water partition coefficient (Wildman–Crippen LogP) is 7.29. The van der Waals surface area contributed by atoms with E-state index in [-0.39, 0.29) is 5.91 Å². The molecule has 0 aliphatic carbocycles. The number of benzene rings is 3. The van der Waals surface area contributed by atoms with E-state index < -0.39 is 0 Å². The van der Waals surface area contributed by atoms with Crippen LogP contribution >= 0.6 is 47.2 Å². The highest BCUT2D eigenvalue weighted by Crippen LogP contribution is 2.39. The first-order valence-electron chi connectivity index (χ1n) is 9.43. The third-order valence-corrected chi connectivity index (χ3v) is 6.46. The number of hydrogen-bond acceptors (Lipinski definition) is 4. The minimum atomic E-state index is -0.173. The SMILES string of the molecule is Cc1cccc(COc2c(Cl)cc(/C=C3/SC(=S)N(c4ccccc4)C3=O)cc2Cl)c1. The van der Waals surface area contributed by atoms with Gasteiger partial charge in [0, 0.05) is 0 Å². The molecule has 0 atom stereocenters. The lowest BCUT2D eigenvalue weighted by atomic mass is 10.1. The number of nitrogens with zero attached hydrogens (tertiary/aromatic N) is 1. The number of hydrogen-bond donors (Lipinski definition) is 0. The summed E-state index contributed by atoms with van der Waals surface area (Å²) in [7, 11) is 0. The number of rotatable bonds is 5. The number of thioether (sulfide) groups is 1. The number of halogens is 2. The van der Waals surface area contributed by atoms with E-state index in [9.17, 15) is 4.79 Å². The summed E-state index contributed by atoms with van der Waals surface area (Å²) in [5.41, 5.74) is 3.62. The van der Waals surface area contributed by atoms with Crippen LogP contribution in [0.5, 0.6) is 5.75 Å². The molecule has 0 N–H and O–H groups in total. The van der Waals surface area contributed by atoms with Gasteiger partial charge in [0.1, 0.15) is 6.61 Å². The fourth-order valence-electron chi connectivity index (χ4n) is 3.18. The van der Waals surface area contributed by atoms with Crippen molar-refractivity contribution in [2.45, 2.75) is 13.5 Å². The van der Waals surface area contributed by atoms with E-state index >= 15 is 0 Å². The van der Waals surface area contributed by atoms with Gasteiger partial charge in [0.2, 0.25) is 0 Å². The molecule has 1 fully saturated rings. The van der Waals surface area contributed by atoms with Crippen molar-refractivity contribution < 1.29 is 9.53 Å². The average Bonchev–Trinajstić information content (AvgIpc) is 3.01. The second kappa shape index (κ2) is 9.45. The van der Waals surface area contributed by atoms with E-state index in [4.69, 9.17) is 40.2 Å². The van der Waals surface area contributed by atoms with Crippen molar-refractivity contribution in [2.24, 2.45) is 0 Å². The normalized spacial score (nSPS) is 15.1. The summed E-state index contributed by atoms with van der Waals surface area (Å²) in [6.07, 6.45) is 1.74. The topological polar surface area (TPSA) is 29.5 Å². The predicted molar refractivity (Wildman–Crippen MR) is 134 cm³/mol. The summed E-state index contributed by atoms with van der Waals surface area (Å²) in [4.78, 5) is 14.9. The molecule has 0 saturated carbocycles. The van der Waals surface area contributed by atoms with E-state index in [1.807, 2.05) is 61.5 Å². The van der Waals surface area contributed by atoms with Gasteiger partial charge in [-0.3, -0.25) is 9.69 Å². The Kier molecular flexibility index (Phi) is 6.68. The number of aryl methyl sites for hydroxylation is 1. The molecule has 0 radical (unpaired) electrons. The number of carbonyl (C=O) groups excluding carboxylic acids is 1. The monoisotopic (exact) mass is 485 g/mol. The van der Waals surface area contributed by atoms with Crippen molar-refractivity contribution in [1.82, 2.24) is 0 Å². The lowest BCUT2D eigenvalue weighted by Gasteiger charge is -2.14.